The van der Waals surface area contributed by atoms with Crippen LogP contribution < -0.4 is 0 Å². The number of halogens is 2. The molecule has 0 bridgehead atoms. The highest BCUT2D eigenvalue weighted by atomic mass is 35.5. The number of aliphatic hydroxyl groups is 1. The molecule has 2 aromatic rings. The maximum Gasteiger partial charge on any atom is 0.0900 e. The van der Waals surface area contributed by atoms with Crippen LogP contribution in [-0.2, 0) is 11.3 Å². The van der Waals surface area contributed by atoms with Gasteiger partial charge in [0.2, 0.25) is 0 Å². The molecule has 0 heterocycles. The number of ether oxygens (including phenoxy) is 1. The highest BCUT2D eigenvalue weighted by molar-refractivity contribution is 6.31. The molecule has 2 aromatic carbocycles. The summed E-state index contributed by atoms with van der Waals surface area (Å²) in [6, 6.07) is 15.3. The van der Waals surface area contributed by atoms with E-state index in [4.69, 9.17) is 27.9 Å². The monoisotopic (exact) mass is 367 g/mol. The van der Waals surface area contributed by atoms with Crippen molar-refractivity contribution in [1.29, 1.82) is 0 Å². The summed E-state index contributed by atoms with van der Waals surface area (Å²) in [7, 11) is 1.95. The summed E-state index contributed by atoms with van der Waals surface area (Å²) in [6.07, 6.45) is -0.655. The summed E-state index contributed by atoms with van der Waals surface area (Å²) in [6.45, 7) is 3.43. The van der Waals surface area contributed by atoms with Gasteiger partial charge in [0.1, 0.15) is 0 Å². The number of aliphatic hydroxyl groups excluding tert-OH is 1. The van der Waals surface area contributed by atoms with Gasteiger partial charge in [-0.2, -0.15) is 0 Å². The average Bonchev–Trinajstić information content (AvgIpc) is 2.55. The van der Waals surface area contributed by atoms with Gasteiger partial charge in [-0.05, 0) is 43.3 Å². The zero-order chi connectivity index (χ0) is 17.5. The maximum atomic E-state index is 10.2. The van der Waals surface area contributed by atoms with E-state index >= 15 is 0 Å². The number of benzene rings is 2. The molecule has 0 fully saturated rings. The molecule has 1 N–H and O–H groups in total. The number of rotatable bonds is 8. The minimum Gasteiger partial charge on any atom is -0.389 e. The van der Waals surface area contributed by atoms with Gasteiger partial charge < -0.3 is 9.84 Å². The molecule has 0 radical (unpaired) electrons. The first kappa shape index (κ1) is 19.2. The highest BCUT2D eigenvalue weighted by Crippen LogP contribution is 2.20. The van der Waals surface area contributed by atoms with Crippen molar-refractivity contribution in [1.82, 2.24) is 4.90 Å². The topological polar surface area (TPSA) is 32.7 Å². The van der Waals surface area contributed by atoms with Crippen LogP contribution in [0.4, 0.5) is 0 Å². The molecule has 0 spiro atoms. The number of hydrogen-bond acceptors (Lipinski definition) is 3. The molecule has 0 aliphatic heterocycles. The molecule has 2 atom stereocenters. The Morgan fingerprint density at radius 2 is 1.75 bits per heavy atom. The van der Waals surface area contributed by atoms with Crippen LogP contribution in [0.5, 0.6) is 0 Å². The van der Waals surface area contributed by atoms with Gasteiger partial charge in [0.15, 0.2) is 0 Å². The van der Waals surface area contributed by atoms with E-state index in [9.17, 15) is 5.11 Å². The van der Waals surface area contributed by atoms with Gasteiger partial charge in [-0.3, -0.25) is 4.90 Å². The van der Waals surface area contributed by atoms with Crippen LogP contribution in [0.1, 0.15) is 24.2 Å². The van der Waals surface area contributed by atoms with Crippen molar-refractivity contribution >= 4 is 23.2 Å². The van der Waals surface area contributed by atoms with Crippen molar-refractivity contribution in [2.45, 2.75) is 25.7 Å². The van der Waals surface area contributed by atoms with Gasteiger partial charge in [0.05, 0.1) is 18.8 Å². The van der Waals surface area contributed by atoms with Crippen molar-refractivity contribution in [3.8, 4) is 0 Å². The van der Waals surface area contributed by atoms with Gasteiger partial charge in [0, 0.05) is 23.1 Å². The average molecular weight is 368 g/mol. The molecule has 0 aliphatic carbocycles. The lowest BCUT2D eigenvalue weighted by atomic mass is 10.1. The normalized spacial score (nSPS) is 13.9. The predicted octanol–water partition coefficient (Wildman–Crippen LogP) is 4.56. The van der Waals surface area contributed by atoms with Crippen molar-refractivity contribution < 1.29 is 9.84 Å². The fraction of sp³-hybridized carbons (Fsp3) is 0.368. The van der Waals surface area contributed by atoms with E-state index in [1.54, 1.807) is 0 Å². The smallest absolute Gasteiger partial charge is 0.0900 e. The van der Waals surface area contributed by atoms with Crippen molar-refractivity contribution in [3.63, 3.8) is 0 Å². The van der Waals surface area contributed by atoms with Crippen LogP contribution >= 0.6 is 23.2 Å². The lowest BCUT2D eigenvalue weighted by molar-refractivity contribution is -0.0138. The first-order valence-corrected chi connectivity index (χ1v) is 8.68. The van der Waals surface area contributed by atoms with E-state index in [2.05, 4.69) is 0 Å². The Hall–Kier alpha value is -1.10. The Morgan fingerprint density at radius 3 is 2.42 bits per heavy atom. The minimum atomic E-state index is -0.563. The SMILES string of the molecule is CC(OCC(O)CN(C)Cc1ccccc1Cl)c1ccc(Cl)cc1. The lowest BCUT2D eigenvalue weighted by Gasteiger charge is -2.22. The largest absolute Gasteiger partial charge is 0.389 e. The summed E-state index contributed by atoms with van der Waals surface area (Å²) in [5, 5.41) is 11.6. The standard InChI is InChI=1S/C19H23Cl2NO2/c1-14(15-7-9-17(20)10-8-15)24-13-18(23)12-22(2)11-16-5-3-4-6-19(16)21/h3-10,14,18,23H,11-13H2,1-2H3. The Bertz CT molecular complexity index is 634. The van der Waals surface area contributed by atoms with Crippen LogP contribution in [0.25, 0.3) is 0 Å². The maximum absolute atomic E-state index is 10.2. The van der Waals surface area contributed by atoms with Crippen LogP contribution in [0.15, 0.2) is 48.5 Å². The van der Waals surface area contributed by atoms with Gasteiger partial charge in [-0.25, -0.2) is 0 Å². The third-order valence-electron chi connectivity index (χ3n) is 3.80. The van der Waals surface area contributed by atoms with Crippen LogP contribution in [-0.4, -0.2) is 36.3 Å². The first-order valence-electron chi connectivity index (χ1n) is 7.93. The number of hydrogen-bond donors (Lipinski definition) is 1. The molecular weight excluding hydrogens is 345 g/mol. The first-order chi connectivity index (χ1) is 11.5. The van der Waals surface area contributed by atoms with E-state index in [1.807, 2.05) is 67.4 Å². The van der Waals surface area contributed by atoms with E-state index in [0.29, 0.717) is 18.1 Å². The van der Waals surface area contributed by atoms with Gasteiger partial charge in [0.25, 0.3) is 0 Å². The second-order valence-corrected chi connectivity index (χ2v) is 6.81. The van der Waals surface area contributed by atoms with E-state index in [0.717, 1.165) is 16.1 Å². The molecule has 0 aliphatic rings. The summed E-state index contributed by atoms with van der Waals surface area (Å²) < 4.78 is 5.76. The van der Waals surface area contributed by atoms with Gasteiger partial charge in [-0.1, -0.05) is 53.5 Å². The third-order valence-corrected chi connectivity index (χ3v) is 4.42. The second-order valence-electron chi connectivity index (χ2n) is 5.97. The fourth-order valence-corrected chi connectivity index (χ4v) is 2.80. The molecule has 5 heteroatoms. The molecule has 2 rings (SSSR count). The molecule has 0 saturated heterocycles. The van der Waals surface area contributed by atoms with Crippen molar-refractivity contribution in [2.75, 3.05) is 20.2 Å². The Morgan fingerprint density at radius 1 is 1.08 bits per heavy atom. The molecule has 0 saturated carbocycles. The summed E-state index contributed by atoms with van der Waals surface area (Å²) in [4.78, 5) is 2.03. The van der Waals surface area contributed by atoms with Crippen molar-refractivity contribution in [3.05, 3.63) is 69.7 Å². The molecular formula is C19H23Cl2NO2. The Balaban J connectivity index is 1.77. The van der Waals surface area contributed by atoms with E-state index in [-0.39, 0.29) is 12.7 Å². The molecule has 3 nitrogen and oxygen atoms in total. The highest BCUT2D eigenvalue weighted by Gasteiger charge is 2.13. The zero-order valence-electron chi connectivity index (χ0n) is 14.0. The Labute approximate surface area is 153 Å². The Kier molecular flexibility index (Phi) is 7.53. The summed E-state index contributed by atoms with van der Waals surface area (Å²) in [5.74, 6) is 0. The predicted molar refractivity (Wildman–Crippen MR) is 99.6 cm³/mol. The third kappa shape index (κ3) is 6.08. The van der Waals surface area contributed by atoms with Gasteiger partial charge in [-0.15, -0.1) is 0 Å². The summed E-state index contributed by atoms with van der Waals surface area (Å²) >= 11 is 12.0. The molecule has 0 amide bonds. The van der Waals surface area contributed by atoms with Crippen molar-refractivity contribution in [2.24, 2.45) is 0 Å². The molecule has 24 heavy (non-hydrogen) atoms. The van der Waals surface area contributed by atoms with E-state index in [1.165, 1.54) is 0 Å². The molecule has 130 valence electrons. The zero-order valence-corrected chi connectivity index (χ0v) is 15.5. The summed E-state index contributed by atoms with van der Waals surface area (Å²) in [5.41, 5.74) is 2.08. The number of nitrogens with zero attached hydrogens (tertiary/aromatic N) is 1. The number of likely N-dealkylation sites (N-methyl/N-ethyl adjacent to an activating group) is 1. The van der Waals surface area contributed by atoms with E-state index < -0.39 is 6.10 Å². The fourth-order valence-electron chi connectivity index (χ4n) is 2.48. The second kappa shape index (κ2) is 9.40. The molecule has 0 aromatic heterocycles. The molecule has 2 unspecified atom stereocenters. The quantitative estimate of drug-likeness (QED) is 0.741. The van der Waals surface area contributed by atoms with Gasteiger partial charge >= 0.3 is 0 Å². The minimum absolute atomic E-state index is 0.0919. The van der Waals surface area contributed by atoms with Crippen LogP contribution in [0, 0.1) is 0 Å². The van der Waals surface area contributed by atoms with Crippen LogP contribution in [0.2, 0.25) is 10.0 Å². The lowest BCUT2D eigenvalue weighted by Crippen LogP contribution is -2.32. The van der Waals surface area contributed by atoms with Crippen LogP contribution in [0.3, 0.4) is 0 Å².